The second-order valence-corrected chi connectivity index (χ2v) is 4.53. The summed E-state index contributed by atoms with van der Waals surface area (Å²) in [6.45, 7) is 1.27. The molecule has 1 aliphatic rings. The van der Waals surface area contributed by atoms with Crippen LogP contribution in [0.5, 0.6) is 0 Å². The van der Waals surface area contributed by atoms with Crippen LogP contribution in [0, 0.1) is 28.5 Å². The lowest BCUT2D eigenvalue weighted by Crippen LogP contribution is -2.38. The fourth-order valence-corrected chi connectivity index (χ4v) is 2.29. The Morgan fingerprint density at radius 2 is 2.17 bits per heavy atom. The van der Waals surface area contributed by atoms with E-state index in [1.54, 1.807) is 12.1 Å². The second-order valence-electron chi connectivity index (χ2n) is 4.53. The molecule has 1 unspecified atom stereocenters. The Balaban J connectivity index is 2.14. The van der Waals surface area contributed by atoms with Crippen LogP contribution in [0.4, 0.5) is 4.39 Å². The van der Waals surface area contributed by atoms with Crippen molar-refractivity contribution in [1.29, 1.82) is 10.5 Å². The SMILES string of the molecule is N#Cc1ccc(CN2CCCCC2C#N)c(F)c1. The van der Waals surface area contributed by atoms with Gasteiger partial charge in [-0.2, -0.15) is 10.5 Å². The van der Waals surface area contributed by atoms with E-state index < -0.39 is 0 Å². The van der Waals surface area contributed by atoms with E-state index in [0.29, 0.717) is 17.7 Å². The van der Waals surface area contributed by atoms with Gasteiger partial charge < -0.3 is 0 Å². The summed E-state index contributed by atoms with van der Waals surface area (Å²) in [6, 6.07) is 8.56. The average Bonchev–Trinajstić information content (AvgIpc) is 2.41. The minimum absolute atomic E-state index is 0.117. The zero-order valence-corrected chi connectivity index (χ0v) is 10.1. The molecule has 0 spiro atoms. The molecule has 1 heterocycles. The Morgan fingerprint density at radius 1 is 1.33 bits per heavy atom. The monoisotopic (exact) mass is 243 g/mol. The van der Waals surface area contributed by atoms with Gasteiger partial charge in [-0.05, 0) is 37.9 Å². The number of benzene rings is 1. The smallest absolute Gasteiger partial charge is 0.129 e. The summed E-state index contributed by atoms with van der Waals surface area (Å²) < 4.78 is 13.8. The molecular formula is C14H14FN3. The van der Waals surface area contributed by atoms with Gasteiger partial charge in [-0.3, -0.25) is 4.90 Å². The molecular weight excluding hydrogens is 229 g/mol. The largest absolute Gasteiger partial charge is 0.284 e. The van der Waals surface area contributed by atoms with Crippen molar-refractivity contribution in [2.75, 3.05) is 6.54 Å². The zero-order valence-electron chi connectivity index (χ0n) is 10.1. The number of nitriles is 2. The Morgan fingerprint density at radius 3 is 2.83 bits per heavy atom. The molecule has 0 aliphatic carbocycles. The maximum absolute atomic E-state index is 13.8. The van der Waals surface area contributed by atoms with Crippen molar-refractivity contribution in [3.05, 3.63) is 35.1 Å². The van der Waals surface area contributed by atoms with Gasteiger partial charge in [0.25, 0.3) is 0 Å². The highest BCUT2D eigenvalue weighted by atomic mass is 19.1. The van der Waals surface area contributed by atoms with Gasteiger partial charge in [0.05, 0.1) is 23.7 Å². The Labute approximate surface area is 106 Å². The Hall–Kier alpha value is -1.91. The topological polar surface area (TPSA) is 50.8 Å². The van der Waals surface area contributed by atoms with Crippen LogP contribution in [0.15, 0.2) is 18.2 Å². The van der Waals surface area contributed by atoms with Gasteiger partial charge in [-0.1, -0.05) is 6.07 Å². The van der Waals surface area contributed by atoms with Gasteiger partial charge in [0.1, 0.15) is 5.82 Å². The number of halogens is 1. The fourth-order valence-electron chi connectivity index (χ4n) is 2.29. The van der Waals surface area contributed by atoms with Crippen molar-refractivity contribution < 1.29 is 4.39 Å². The molecule has 1 atom stereocenters. The first-order chi connectivity index (χ1) is 8.74. The van der Waals surface area contributed by atoms with E-state index in [4.69, 9.17) is 10.5 Å². The molecule has 4 heteroatoms. The van der Waals surface area contributed by atoms with Crippen LogP contribution in [0.25, 0.3) is 0 Å². The number of rotatable bonds is 2. The minimum Gasteiger partial charge on any atom is -0.284 e. The summed E-state index contributed by atoms with van der Waals surface area (Å²) in [4.78, 5) is 2.01. The normalized spacial score (nSPS) is 20.1. The van der Waals surface area contributed by atoms with Crippen molar-refractivity contribution in [3.63, 3.8) is 0 Å². The van der Waals surface area contributed by atoms with Gasteiger partial charge in [-0.15, -0.1) is 0 Å². The van der Waals surface area contributed by atoms with Gasteiger partial charge in [-0.25, -0.2) is 4.39 Å². The number of piperidine rings is 1. The van der Waals surface area contributed by atoms with E-state index in [0.717, 1.165) is 25.8 Å². The lowest BCUT2D eigenvalue weighted by Gasteiger charge is -2.31. The molecule has 0 bridgehead atoms. The van der Waals surface area contributed by atoms with Gasteiger partial charge in [0, 0.05) is 12.1 Å². The van der Waals surface area contributed by atoms with E-state index in [1.807, 2.05) is 11.0 Å². The minimum atomic E-state index is -0.365. The van der Waals surface area contributed by atoms with E-state index in [1.165, 1.54) is 6.07 Å². The van der Waals surface area contributed by atoms with Crippen molar-refractivity contribution in [1.82, 2.24) is 4.90 Å². The van der Waals surface area contributed by atoms with E-state index >= 15 is 0 Å². The summed E-state index contributed by atoms with van der Waals surface area (Å²) in [5, 5.41) is 17.7. The molecule has 0 N–H and O–H groups in total. The third-order valence-electron chi connectivity index (χ3n) is 3.32. The summed E-state index contributed by atoms with van der Waals surface area (Å²) in [5.74, 6) is -0.365. The van der Waals surface area contributed by atoms with Crippen LogP contribution >= 0.6 is 0 Å². The molecule has 18 heavy (non-hydrogen) atoms. The van der Waals surface area contributed by atoms with Gasteiger partial charge >= 0.3 is 0 Å². The summed E-state index contributed by atoms with van der Waals surface area (Å²) >= 11 is 0. The predicted octanol–water partition coefficient (Wildman–Crippen LogP) is 2.58. The highest BCUT2D eigenvalue weighted by molar-refractivity contribution is 5.32. The Kier molecular flexibility index (Phi) is 3.92. The molecule has 0 radical (unpaired) electrons. The van der Waals surface area contributed by atoms with Crippen LogP contribution in [-0.2, 0) is 6.54 Å². The molecule has 1 saturated heterocycles. The third kappa shape index (κ3) is 2.67. The van der Waals surface area contributed by atoms with E-state index in [-0.39, 0.29) is 11.9 Å². The molecule has 2 rings (SSSR count). The van der Waals surface area contributed by atoms with E-state index in [9.17, 15) is 4.39 Å². The standard InChI is InChI=1S/C14H14FN3/c15-14-7-11(8-16)4-5-12(14)10-18-6-2-1-3-13(18)9-17/h4-5,7,13H,1-3,6,10H2. The van der Waals surface area contributed by atoms with Crippen LogP contribution in [0.2, 0.25) is 0 Å². The van der Waals surface area contributed by atoms with Crippen LogP contribution in [0.1, 0.15) is 30.4 Å². The quantitative estimate of drug-likeness (QED) is 0.802. The van der Waals surface area contributed by atoms with Gasteiger partial charge in [0.15, 0.2) is 0 Å². The highest BCUT2D eigenvalue weighted by Gasteiger charge is 2.22. The Bertz CT molecular complexity index is 513. The zero-order chi connectivity index (χ0) is 13.0. The second kappa shape index (κ2) is 5.62. The molecule has 1 aromatic rings. The first-order valence-corrected chi connectivity index (χ1v) is 6.07. The van der Waals surface area contributed by atoms with Crippen LogP contribution in [0.3, 0.4) is 0 Å². The fraction of sp³-hybridized carbons (Fsp3) is 0.429. The molecule has 0 saturated carbocycles. The number of likely N-dealkylation sites (tertiary alicyclic amines) is 1. The molecule has 3 nitrogen and oxygen atoms in total. The molecule has 1 aliphatic heterocycles. The maximum atomic E-state index is 13.8. The molecule has 1 aromatic carbocycles. The number of hydrogen-bond acceptors (Lipinski definition) is 3. The highest BCUT2D eigenvalue weighted by Crippen LogP contribution is 2.20. The van der Waals surface area contributed by atoms with Crippen molar-refractivity contribution >= 4 is 0 Å². The first-order valence-electron chi connectivity index (χ1n) is 6.07. The maximum Gasteiger partial charge on any atom is 0.129 e. The first kappa shape index (κ1) is 12.5. The lowest BCUT2D eigenvalue weighted by atomic mass is 10.0. The van der Waals surface area contributed by atoms with Crippen LogP contribution < -0.4 is 0 Å². The van der Waals surface area contributed by atoms with Gasteiger partial charge in [0.2, 0.25) is 0 Å². The third-order valence-corrected chi connectivity index (χ3v) is 3.32. The number of hydrogen-bond donors (Lipinski definition) is 0. The summed E-state index contributed by atoms with van der Waals surface area (Å²) in [6.07, 6.45) is 2.97. The summed E-state index contributed by atoms with van der Waals surface area (Å²) in [7, 11) is 0. The van der Waals surface area contributed by atoms with Crippen molar-refractivity contribution in [3.8, 4) is 12.1 Å². The molecule has 1 fully saturated rings. The van der Waals surface area contributed by atoms with E-state index in [2.05, 4.69) is 6.07 Å². The van der Waals surface area contributed by atoms with Crippen LogP contribution in [-0.4, -0.2) is 17.5 Å². The average molecular weight is 243 g/mol. The van der Waals surface area contributed by atoms with Crippen molar-refractivity contribution in [2.24, 2.45) is 0 Å². The molecule has 0 aromatic heterocycles. The predicted molar refractivity (Wildman–Crippen MR) is 64.8 cm³/mol. The molecule has 0 amide bonds. The summed E-state index contributed by atoms with van der Waals surface area (Å²) in [5.41, 5.74) is 0.878. The number of nitrogens with zero attached hydrogens (tertiary/aromatic N) is 3. The molecule has 92 valence electrons. The lowest BCUT2D eigenvalue weighted by molar-refractivity contribution is 0.174. The van der Waals surface area contributed by atoms with Crippen molar-refractivity contribution in [2.45, 2.75) is 31.8 Å².